The number of amides is 1. The molecule has 0 radical (unpaired) electrons. The van der Waals surface area contributed by atoms with E-state index >= 15 is 0 Å². The van der Waals surface area contributed by atoms with Gasteiger partial charge in [-0.05, 0) is 25.3 Å². The van der Waals surface area contributed by atoms with Crippen molar-refractivity contribution in [2.75, 3.05) is 20.1 Å². The topological polar surface area (TPSA) is 32.3 Å². The Kier molecular flexibility index (Phi) is 4.36. The molecule has 1 rings (SSSR count). The molecule has 1 aliphatic heterocycles. The number of rotatable bonds is 2. The first-order valence-corrected chi connectivity index (χ1v) is 6.32. The van der Waals surface area contributed by atoms with E-state index in [4.69, 9.17) is 0 Å². The molecule has 0 aromatic rings. The van der Waals surface area contributed by atoms with Crippen LogP contribution >= 0.6 is 0 Å². The van der Waals surface area contributed by atoms with Gasteiger partial charge in [-0.2, -0.15) is 0 Å². The molecule has 1 unspecified atom stereocenters. The van der Waals surface area contributed by atoms with Crippen molar-refractivity contribution in [1.29, 1.82) is 0 Å². The lowest BCUT2D eigenvalue weighted by atomic mass is 9.81. The zero-order valence-electron chi connectivity index (χ0n) is 11.3. The summed E-state index contributed by atoms with van der Waals surface area (Å²) in [6, 6.07) is 0.592. The molecule has 3 heteroatoms. The van der Waals surface area contributed by atoms with Gasteiger partial charge < -0.3 is 10.2 Å². The van der Waals surface area contributed by atoms with E-state index in [9.17, 15) is 4.79 Å². The molecule has 94 valence electrons. The number of piperidine rings is 1. The van der Waals surface area contributed by atoms with Gasteiger partial charge in [-0.1, -0.05) is 27.7 Å². The second kappa shape index (κ2) is 5.17. The van der Waals surface area contributed by atoms with Crippen LogP contribution in [-0.4, -0.2) is 37.0 Å². The fourth-order valence-corrected chi connectivity index (χ4v) is 2.03. The van der Waals surface area contributed by atoms with Crippen molar-refractivity contribution in [2.24, 2.45) is 11.3 Å². The average Bonchev–Trinajstić information content (AvgIpc) is 2.26. The summed E-state index contributed by atoms with van der Waals surface area (Å²) >= 11 is 0. The molecular formula is C13H26N2O. The van der Waals surface area contributed by atoms with Crippen molar-refractivity contribution in [2.45, 2.75) is 46.6 Å². The molecule has 0 aromatic heterocycles. The summed E-state index contributed by atoms with van der Waals surface area (Å²) in [6.07, 6.45) is 2.16. The summed E-state index contributed by atoms with van der Waals surface area (Å²) in [6.45, 7) is 10.3. The molecule has 1 amide bonds. The number of nitrogens with one attached hydrogen (secondary N) is 1. The lowest BCUT2D eigenvalue weighted by Gasteiger charge is -2.36. The van der Waals surface area contributed by atoms with Crippen LogP contribution < -0.4 is 5.32 Å². The predicted octanol–water partition coefficient (Wildman–Crippen LogP) is 1.88. The van der Waals surface area contributed by atoms with Crippen molar-refractivity contribution in [1.82, 2.24) is 10.2 Å². The predicted molar refractivity (Wildman–Crippen MR) is 67.3 cm³/mol. The van der Waals surface area contributed by atoms with E-state index in [0.29, 0.717) is 11.9 Å². The van der Waals surface area contributed by atoms with Gasteiger partial charge in [0.25, 0.3) is 0 Å². The molecule has 1 heterocycles. The maximum atomic E-state index is 12.2. The summed E-state index contributed by atoms with van der Waals surface area (Å²) in [5.74, 6) is 0.431. The molecule has 0 saturated carbocycles. The highest BCUT2D eigenvalue weighted by atomic mass is 16.2. The Morgan fingerprint density at radius 3 is 2.19 bits per heavy atom. The second-order valence-corrected chi connectivity index (χ2v) is 5.98. The third-order valence-corrected chi connectivity index (χ3v) is 3.88. The third-order valence-electron chi connectivity index (χ3n) is 3.88. The van der Waals surface area contributed by atoms with Gasteiger partial charge in [0.1, 0.15) is 0 Å². The molecule has 1 aliphatic rings. The van der Waals surface area contributed by atoms with E-state index in [1.165, 1.54) is 0 Å². The fourth-order valence-electron chi connectivity index (χ4n) is 2.03. The third kappa shape index (κ3) is 3.21. The Hall–Kier alpha value is -0.570. The van der Waals surface area contributed by atoms with Gasteiger partial charge in [-0.15, -0.1) is 0 Å². The van der Waals surface area contributed by atoms with Crippen molar-refractivity contribution < 1.29 is 4.79 Å². The Bertz CT molecular complexity index is 237. The van der Waals surface area contributed by atoms with Crippen LogP contribution in [0.2, 0.25) is 0 Å². The number of hydrogen-bond donors (Lipinski definition) is 1. The Morgan fingerprint density at radius 2 is 1.81 bits per heavy atom. The number of likely N-dealkylation sites (tertiary alicyclic amines) is 1. The molecule has 1 atom stereocenters. The maximum Gasteiger partial charge on any atom is 0.225 e. The molecule has 1 fully saturated rings. The van der Waals surface area contributed by atoms with E-state index in [1.807, 2.05) is 18.9 Å². The van der Waals surface area contributed by atoms with Gasteiger partial charge in [-0.25, -0.2) is 0 Å². The van der Waals surface area contributed by atoms with Crippen molar-refractivity contribution in [3.63, 3.8) is 0 Å². The lowest BCUT2D eigenvalue weighted by molar-refractivity contribution is -0.139. The van der Waals surface area contributed by atoms with Gasteiger partial charge in [-0.3, -0.25) is 4.79 Å². The van der Waals surface area contributed by atoms with Crippen LogP contribution in [0.15, 0.2) is 0 Å². The Balaban J connectivity index is 2.51. The number of carbonyl (C=O) groups is 1. The molecule has 0 spiro atoms. The summed E-state index contributed by atoms with van der Waals surface area (Å²) in [4.78, 5) is 14.3. The second-order valence-electron chi connectivity index (χ2n) is 5.98. The van der Waals surface area contributed by atoms with Crippen molar-refractivity contribution in [3.05, 3.63) is 0 Å². The SMILES string of the molecule is CNC1CCN(C(=O)C(C)C(C)(C)C)CC1. The molecule has 0 bridgehead atoms. The molecular weight excluding hydrogens is 200 g/mol. The highest BCUT2D eigenvalue weighted by molar-refractivity contribution is 5.79. The highest BCUT2D eigenvalue weighted by Gasteiger charge is 2.31. The highest BCUT2D eigenvalue weighted by Crippen LogP contribution is 2.28. The van der Waals surface area contributed by atoms with Crippen molar-refractivity contribution >= 4 is 5.91 Å². The minimum Gasteiger partial charge on any atom is -0.342 e. The Morgan fingerprint density at radius 1 is 1.31 bits per heavy atom. The largest absolute Gasteiger partial charge is 0.342 e. The van der Waals surface area contributed by atoms with Crippen LogP contribution in [0.25, 0.3) is 0 Å². The summed E-state index contributed by atoms with van der Waals surface area (Å²) in [5.41, 5.74) is 0.0664. The van der Waals surface area contributed by atoms with Gasteiger partial charge in [0.05, 0.1) is 0 Å². The molecule has 0 aromatic carbocycles. The number of carbonyl (C=O) groups excluding carboxylic acids is 1. The van der Waals surface area contributed by atoms with Crippen LogP contribution in [0, 0.1) is 11.3 Å². The average molecular weight is 226 g/mol. The minimum absolute atomic E-state index is 0.0664. The summed E-state index contributed by atoms with van der Waals surface area (Å²) in [7, 11) is 2.00. The first-order valence-electron chi connectivity index (χ1n) is 6.32. The first kappa shape index (κ1) is 13.5. The number of hydrogen-bond acceptors (Lipinski definition) is 2. The van der Waals surface area contributed by atoms with Crippen LogP contribution in [0.4, 0.5) is 0 Å². The molecule has 16 heavy (non-hydrogen) atoms. The van der Waals surface area contributed by atoms with E-state index < -0.39 is 0 Å². The quantitative estimate of drug-likeness (QED) is 0.779. The number of nitrogens with zero attached hydrogens (tertiary/aromatic N) is 1. The van der Waals surface area contributed by atoms with Gasteiger partial charge in [0, 0.05) is 25.0 Å². The molecule has 1 saturated heterocycles. The van der Waals surface area contributed by atoms with E-state index in [2.05, 4.69) is 26.1 Å². The lowest BCUT2D eigenvalue weighted by Crippen LogP contribution is -2.47. The van der Waals surface area contributed by atoms with Gasteiger partial charge in [0.2, 0.25) is 5.91 Å². The van der Waals surface area contributed by atoms with Gasteiger partial charge >= 0.3 is 0 Å². The van der Waals surface area contributed by atoms with Gasteiger partial charge in [0.15, 0.2) is 0 Å². The zero-order valence-corrected chi connectivity index (χ0v) is 11.3. The maximum absolute atomic E-state index is 12.2. The molecule has 1 N–H and O–H groups in total. The molecule has 0 aliphatic carbocycles. The monoisotopic (exact) mass is 226 g/mol. The van der Waals surface area contributed by atoms with Crippen molar-refractivity contribution in [3.8, 4) is 0 Å². The smallest absolute Gasteiger partial charge is 0.225 e. The minimum atomic E-state index is 0.0664. The Labute approximate surface area is 99.6 Å². The standard InChI is InChI=1S/C13H26N2O/c1-10(13(2,3)4)12(16)15-8-6-11(14-5)7-9-15/h10-11,14H,6-9H2,1-5H3. The summed E-state index contributed by atoms with van der Waals surface area (Å²) < 4.78 is 0. The zero-order chi connectivity index (χ0) is 12.3. The summed E-state index contributed by atoms with van der Waals surface area (Å²) in [5, 5.41) is 3.28. The molecule has 3 nitrogen and oxygen atoms in total. The van der Waals surface area contributed by atoms with Crippen LogP contribution in [0.5, 0.6) is 0 Å². The normalized spacial score (nSPS) is 20.9. The first-order chi connectivity index (χ1) is 7.36. The van der Waals surface area contributed by atoms with Crippen LogP contribution in [0.3, 0.4) is 0 Å². The van der Waals surface area contributed by atoms with E-state index in [-0.39, 0.29) is 11.3 Å². The van der Waals surface area contributed by atoms with E-state index in [1.54, 1.807) is 0 Å². The van der Waals surface area contributed by atoms with E-state index in [0.717, 1.165) is 25.9 Å². The fraction of sp³-hybridized carbons (Fsp3) is 0.923. The van der Waals surface area contributed by atoms with Crippen LogP contribution in [-0.2, 0) is 4.79 Å². The van der Waals surface area contributed by atoms with Crippen LogP contribution in [0.1, 0.15) is 40.5 Å².